The molecule has 206 valence electrons. The van der Waals surface area contributed by atoms with Crippen molar-refractivity contribution in [1.29, 1.82) is 0 Å². The molecule has 0 N–H and O–H groups in total. The first-order chi connectivity index (χ1) is 18.8. The van der Waals surface area contributed by atoms with Gasteiger partial charge in [-0.15, -0.1) is 11.3 Å². The molecule has 0 spiro atoms. The van der Waals surface area contributed by atoms with Crippen LogP contribution < -0.4 is 14.2 Å². The van der Waals surface area contributed by atoms with Gasteiger partial charge in [-0.1, -0.05) is 39.8 Å². The fourth-order valence-electron chi connectivity index (χ4n) is 5.12. The Bertz CT molecular complexity index is 1320. The number of hydrogen-bond acceptors (Lipinski definition) is 6. The summed E-state index contributed by atoms with van der Waals surface area (Å²) in [6, 6.07) is 15.2. The average Bonchev–Trinajstić information content (AvgIpc) is 3.60. The van der Waals surface area contributed by atoms with Gasteiger partial charge in [-0.05, 0) is 71.2 Å². The lowest BCUT2D eigenvalue weighted by Crippen LogP contribution is -2.48. The summed E-state index contributed by atoms with van der Waals surface area (Å²) in [7, 11) is 0. The van der Waals surface area contributed by atoms with Crippen molar-refractivity contribution in [2.45, 2.75) is 46.1 Å². The number of amides is 2. The van der Waals surface area contributed by atoms with E-state index < -0.39 is 0 Å². The molecular weight excluding hydrogens is 512 g/mol. The third-order valence-corrected chi connectivity index (χ3v) is 8.18. The maximum absolute atomic E-state index is 13.8. The van der Waals surface area contributed by atoms with Gasteiger partial charge in [0.1, 0.15) is 18.9 Å². The van der Waals surface area contributed by atoms with Gasteiger partial charge in [0.05, 0.1) is 6.04 Å². The first-order valence-corrected chi connectivity index (χ1v) is 14.5. The molecule has 0 bridgehead atoms. The predicted octanol–water partition coefficient (Wildman–Crippen LogP) is 5.90. The van der Waals surface area contributed by atoms with Gasteiger partial charge in [-0.3, -0.25) is 9.59 Å². The van der Waals surface area contributed by atoms with Crippen LogP contribution in [0.4, 0.5) is 0 Å². The molecule has 39 heavy (non-hydrogen) atoms. The molecular formula is C31H36N2O5S. The van der Waals surface area contributed by atoms with E-state index in [4.69, 9.17) is 14.2 Å². The average molecular weight is 549 g/mol. The van der Waals surface area contributed by atoms with E-state index in [0.29, 0.717) is 42.7 Å². The van der Waals surface area contributed by atoms with Gasteiger partial charge in [0.25, 0.3) is 5.91 Å². The SMILES string of the molecule is CC(C)CN(CC(=O)N1CCc2sccc2[C@@H]1COc1ccc(C(C)C)cc1)C(=O)c1ccc2c(c1)OCO2. The molecule has 1 aromatic heterocycles. The summed E-state index contributed by atoms with van der Waals surface area (Å²) in [5, 5.41) is 2.08. The molecule has 0 aliphatic carbocycles. The summed E-state index contributed by atoms with van der Waals surface area (Å²) in [6.07, 6.45) is 0.804. The number of hydrogen-bond donors (Lipinski definition) is 0. The van der Waals surface area contributed by atoms with E-state index in [1.807, 2.05) is 30.9 Å². The van der Waals surface area contributed by atoms with Crippen LogP contribution in [0.1, 0.15) is 66.0 Å². The number of thiophene rings is 1. The summed E-state index contributed by atoms with van der Waals surface area (Å²) in [5.74, 6) is 2.35. The number of carbonyl (C=O) groups excluding carboxylic acids is 2. The molecule has 2 amide bonds. The van der Waals surface area contributed by atoms with Crippen LogP contribution in [0.2, 0.25) is 0 Å². The van der Waals surface area contributed by atoms with Gasteiger partial charge >= 0.3 is 0 Å². The molecule has 5 rings (SSSR count). The van der Waals surface area contributed by atoms with Crippen LogP contribution in [-0.4, -0.2) is 54.6 Å². The number of ether oxygens (including phenoxy) is 3. The topological polar surface area (TPSA) is 68.3 Å². The van der Waals surface area contributed by atoms with Crippen LogP contribution in [0.25, 0.3) is 0 Å². The van der Waals surface area contributed by atoms with Crippen molar-refractivity contribution in [3.05, 3.63) is 75.5 Å². The van der Waals surface area contributed by atoms with Crippen molar-refractivity contribution in [3.63, 3.8) is 0 Å². The van der Waals surface area contributed by atoms with Crippen molar-refractivity contribution >= 4 is 23.2 Å². The number of benzene rings is 2. The molecule has 8 heteroatoms. The highest BCUT2D eigenvalue weighted by Gasteiger charge is 2.34. The van der Waals surface area contributed by atoms with Gasteiger partial charge in [0.2, 0.25) is 12.7 Å². The van der Waals surface area contributed by atoms with Crippen molar-refractivity contribution in [3.8, 4) is 17.2 Å². The third-order valence-electron chi connectivity index (χ3n) is 7.19. The highest BCUT2D eigenvalue weighted by atomic mass is 32.1. The molecule has 3 heterocycles. The van der Waals surface area contributed by atoms with Crippen LogP contribution in [-0.2, 0) is 11.2 Å². The van der Waals surface area contributed by atoms with Crippen molar-refractivity contribution in [2.24, 2.45) is 5.92 Å². The molecule has 0 saturated heterocycles. The first kappa shape index (κ1) is 27.1. The monoisotopic (exact) mass is 548 g/mol. The van der Waals surface area contributed by atoms with Crippen LogP contribution in [0, 0.1) is 5.92 Å². The molecule has 0 fully saturated rings. The second kappa shape index (κ2) is 11.7. The fourth-order valence-corrected chi connectivity index (χ4v) is 6.05. The van der Waals surface area contributed by atoms with E-state index in [2.05, 4.69) is 37.4 Å². The quantitative estimate of drug-likeness (QED) is 0.333. The minimum absolute atomic E-state index is 0.00448. The molecule has 0 saturated carbocycles. The Morgan fingerprint density at radius 3 is 2.56 bits per heavy atom. The molecule has 2 aromatic carbocycles. The number of fused-ring (bicyclic) bond motifs is 2. The first-order valence-electron chi connectivity index (χ1n) is 13.6. The highest BCUT2D eigenvalue weighted by Crippen LogP contribution is 2.35. The highest BCUT2D eigenvalue weighted by molar-refractivity contribution is 7.10. The van der Waals surface area contributed by atoms with Gasteiger partial charge in [-0.2, -0.15) is 0 Å². The van der Waals surface area contributed by atoms with Crippen LogP contribution in [0.15, 0.2) is 53.9 Å². The maximum Gasteiger partial charge on any atom is 0.254 e. The smallest absolute Gasteiger partial charge is 0.254 e. The molecule has 0 unspecified atom stereocenters. The van der Waals surface area contributed by atoms with Crippen molar-refractivity contribution in [2.75, 3.05) is 33.0 Å². The summed E-state index contributed by atoms with van der Waals surface area (Å²) in [5.41, 5.74) is 2.88. The zero-order chi connectivity index (χ0) is 27.5. The number of carbonyl (C=O) groups is 2. The Kier molecular flexibility index (Phi) is 8.12. The van der Waals surface area contributed by atoms with E-state index in [1.165, 1.54) is 10.4 Å². The number of nitrogens with zero attached hydrogens (tertiary/aromatic N) is 2. The lowest BCUT2D eigenvalue weighted by molar-refractivity contribution is -0.135. The van der Waals surface area contributed by atoms with Crippen LogP contribution in [0.3, 0.4) is 0 Å². The van der Waals surface area contributed by atoms with Gasteiger partial charge in [0, 0.05) is 23.5 Å². The van der Waals surface area contributed by atoms with Gasteiger partial charge in [-0.25, -0.2) is 0 Å². The second-order valence-electron chi connectivity index (χ2n) is 10.8. The van der Waals surface area contributed by atoms with E-state index in [-0.39, 0.29) is 37.1 Å². The van der Waals surface area contributed by atoms with Gasteiger partial charge < -0.3 is 24.0 Å². The lowest BCUT2D eigenvalue weighted by atomic mass is 10.00. The lowest BCUT2D eigenvalue weighted by Gasteiger charge is -2.37. The molecule has 0 radical (unpaired) electrons. The molecule has 2 aliphatic heterocycles. The standard InChI is InChI=1S/C31H36N2O5S/c1-20(2)16-32(31(35)23-7-10-27-28(15-23)38-19-37-27)17-30(34)33-13-11-29-25(12-14-39-29)26(33)18-36-24-8-5-22(6-9-24)21(3)4/h5-10,12,14-15,20-21,26H,11,13,16-19H2,1-4H3/t26-/m0/s1. The van der Waals surface area contributed by atoms with E-state index in [0.717, 1.165) is 17.7 Å². The summed E-state index contributed by atoms with van der Waals surface area (Å²) in [4.78, 5) is 32.2. The Labute approximate surface area is 234 Å². The summed E-state index contributed by atoms with van der Waals surface area (Å²) < 4.78 is 17.1. The Hall–Kier alpha value is -3.52. The van der Waals surface area contributed by atoms with Crippen molar-refractivity contribution in [1.82, 2.24) is 9.80 Å². The Balaban J connectivity index is 1.33. The molecule has 1 atom stereocenters. The number of rotatable bonds is 9. The maximum atomic E-state index is 13.8. The molecule has 7 nitrogen and oxygen atoms in total. The van der Waals surface area contributed by atoms with E-state index in [9.17, 15) is 9.59 Å². The normalized spacial score (nSPS) is 15.9. The van der Waals surface area contributed by atoms with E-state index >= 15 is 0 Å². The van der Waals surface area contributed by atoms with E-state index in [1.54, 1.807) is 34.4 Å². The largest absolute Gasteiger partial charge is 0.491 e. The fraction of sp³-hybridized carbons (Fsp3) is 0.419. The van der Waals surface area contributed by atoms with Crippen molar-refractivity contribution < 1.29 is 23.8 Å². The predicted molar refractivity (Wildman–Crippen MR) is 152 cm³/mol. The summed E-state index contributed by atoms with van der Waals surface area (Å²) >= 11 is 1.72. The van der Waals surface area contributed by atoms with Crippen LogP contribution in [0.5, 0.6) is 17.2 Å². The zero-order valence-electron chi connectivity index (χ0n) is 23.0. The minimum Gasteiger partial charge on any atom is -0.491 e. The van der Waals surface area contributed by atoms with Crippen LogP contribution >= 0.6 is 11.3 Å². The molecule has 3 aromatic rings. The third kappa shape index (κ3) is 6.06. The minimum atomic E-state index is -0.209. The summed E-state index contributed by atoms with van der Waals surface area (Å²) in [6.45, 7) is 10.0. The Morgan fingerprint density at radius 2 is 1.82 bits per heavy atom. The second-order valence-corrected chi connectivity index (χ2v) is 11.8. The Morgan fingerprint density at radius 1 is 1.05 bits per heavy atom. The van der Waals surface area contributed by atoms with Gasteiger partial charge in [0.15, 0.2) is 11.5 Å². The zero-order valence-corrected chi connectivity index (χ0v) is 23.8. The molecule has 2 aliphatic rings.